The van der Waals surface area contributed by atoms with E-state index in [9.17, 15) is 18.4 Å². The topological polar surface area (TPSA) is 67.4 Å². The van der Waals surface area contributed by atoms with Gasteiger partial charge in [0.05, 0.1) is 18.4 Å². The third kappa shape index (κ3) is 4.32. The second-order valence-electron chi connectivity index (χ2n) is 5.81. The van der Waals surface area contributed by atoms with Gasteiger partial charge >= 0.3 is 0 Å². The fourth-order valence-electron chi connectivity index (χ4n) is 2.55. The summed E-state index contributed by atoms with van der Waals surface area (Å²) in [4.78, 5) is 24.6. The van der Waals surface area contributed by atoms with Crippen molar-refractivity contribution in [2.45, 2.75) is 0 Å². The van der Waals surface area contributed by atoms with Crippen LogP contribution in [-0.2, 0) is 0 Å². The fraction of sp³-hybridized carbons (Fsp3) is 0.0476. The molecule has 142 valence electrons. The summed E-state index contributed by atoms with van der Waals surface area (Å²) in [6.07, 6.45) is 0. The molecule has 0 saturated heterocycles. The van der Waals surface area contributed by atoms with Crippen LogP contribution in [0, 0.1) is 11.6 Å². The zero-order valence-corrected chi connectivity index (χ0v) is 14.8. The van der Waals surface area contributed by atoms with Crippen molar-refractivity contribution in [1.82, 2.24) is 0 Å². The Morgan fingerprint density at radius 3 is 2.36 bits per heavy atom. The van der Waals surface area contributed by atoms with Crippen LogP contribution < -0.4 is 15.4 Å². The normalized spacial score (nSPS) is 10.2. The lowest BCUT2D eigenvalue weighted by molar-refractivity contribution is 0.101. The Morgan fingerprint density at radius 1 is 0.857 bits per heavy atom. The molecule has 3 aromatic carbocycles. The molecule has 0 heterocycles. The van der Waals surface area contributed by atoms with Crippen LogP contribution in [0.4, 0.5) is 20.2 Å². The molecule has 0 aliphatic carbocycles. The number of benzene rings is 3. The highest BCUT2D eigenvalue weighted by molar-refractivity contribution is 6.07. The number of hydrogen-bond donors (Lipinski definition) is 2. The minimum Gasteiger partial charge on any atom is -0.495 e. The van der Waals surface area contributed by atoms with Gasteiger partial charge in [0, 0.05) is 11.3 Å². The lowest BCUT2D eigenvalue weighted by Gasteiger charge is -2.13. The SMILES string of the molecule is COc1ccc(NC(=O)c2ccccc2F)cc1NC(=O)c1cccc(F)c1. The number of rotatable bonds is 5. The van der Waals surface area contributed by atoms with Gasteiger partial charge in [0.2, 0.25) is 0 Å². The highest BCUT2D eigenvalue weighted by Crippen LogP contribution is 2.28. The summed E-state index contributed by atoms with van der Waals surface area (Å²) in [5.74, 6) is -2.02. The number of carbonyl (C=O) groups is 2. The van der Waals surface area contributed by atoms with Crippen molar-refractivity contribution in [2.24, 2.45) is 0 Å². The predicted octanol–water partition coefficient (Wildman–Crippen LogP) is 4.48. The second-order valence-corrected chi connectivity index (χ2v) is 5.81. The van der Waals surface area contributed by atoms with Crippen LogP contribution in [0.15, 0.2) is 66.7 Å². The van der Waals surface area contributed by atoms with Crippen LogP contribution in [0.25, 0.3) is 0 Å². The van der Waals surface area contributed by atoms with Crippen LogP contribution in [0.3, 0.4) is 0 Å². The van der Waals surface area contributed by atoms with Crippen molar-refractivity contribution in [3.63, 3.8) is 0 Å². The highest BCUT2D eigenvalue weighted by Gasteiger charge is 2.14. The maximum atomic E-state index is 13.8. The van der Waals surface area contributed by atoms with Crippen molar-refractivity contribution in [2.75, 3.05) is 17.7 Å². The van der Waals surface area contributed by atoms with Crippen molar-refractivity contribution in [3.05, 3.63) is 89.5 Å². The molecular formula is C21H16F2N2O3. The highest BCUT2D eigenvalue weighted by atomic mass is 19.1. The summed E-state index contributed by atoms with van der Waals surface area (Å²) < 4.78 is 32.3. The number of methoxy groups -OCH3 is 1. The van der Waals surface area contributed by atoms with Crippen molar-refractivity contribution < 1.29 is 23.1 Å². The number of carbonyl (C=O) groups excluding carboxylic acids is 2. The van der Waals surface area contributed by atoms with Crippen molar-refractivity contribution >= 4 is 23.2 Å². The molecule has 0 unspecified atom stereocenters. The largest absolute Gasteiger partial charge is 0.495 e. The second kappa shape index (κ2) is 8.30. The molecule has 0 spiro atoms. The van der Waals surface area contributed by atoms with Crippen LogP contribution in [0.1, 0.15) is 20.7 Å². The summed E-state index contributed by atoms with van der Waals surface area (Å²) in [5.41, 5.74) is 0.609. The zero-order chi connectivity index (χ0) is 20.1. The van der Waals surface area contributed by atoms with Crippen LogP contribution in [0.5, 0.6) is 5.75 Å². The maximum Gasteiger partial charge on any atom is 0.258 e. The number of hydrogen-bond acceptors (Lipinski definition) is 3. The molecule has 3 aromatic rings. The van der Waals surface area contributed by atoms with E-state index in [1.165, 1.54) is 55.6 Å². The molecule has 7 heteroatoms. The number of amides is 2. The van der Waals surface area contributed by atoms with Gasteiger partial charge in [-0.2, -0.15) is 0 Å². The Kier molecular flexibility index (Phi) is 5.64. The molecule has 2 N–H and O–H groups in total. The quantitative estimate of drug-likeness (QED) is 0.684. The average Bonchev–Trinajstić information content (AvgIpc) is 2.68. The Balaban J connectivity index is 1.83. The summed E-state index contributed by atoms with van der Waals surface area (Å²) in [7, 11) is 1.42. The Labute approximate surface area is 160 Å². The minimum absolute atomic E-state index is 0.108. The third-order valence-corrected chi connectivity index (χ3v) is 3.91. The summed E-state index contributed by atoms with van der Waals surface area (Å²) >= 11 is 0. The Morgan fingerprint density at radius 2 is 1.64 bits per heavy atom. The van der Waals surface area contributed by atoms with E-state index in [2.05, 4.69) is 10.6 Å². The third-order valence-electron chi connectivity index (χ3n) is 3.91. The number of anilines is 2. The summed E-state index contributed by atoms with van der Waals surface area (Å²) in [6.45, 7) is 0. The standard InChI is InChI=1S/C21H16F2N2O3/c1-28-19-10-9-15(24-21(27)16-7-2-3-8-17(16)23)12-18(19)25-20(26)13-5-4-6-14(22)11-13/h2-12H,1H3,(H,24,27)(H,25,26). The van der Waals surface area contributed by atoms with Gasteiger partial charge in [-0.05, 0) is 48.5 Å². The van der Waals surface area contributed by atoms with Gasteiger partial charge in [-0.15, -0.1) is 0 Å². The average molecular weight is 382 g/mol. The van der Waals surface area contributed by atoms with Gasteiger partial charge in [-0.1, -0.05) is 18.2 Å². The van der Waals surface area contributed by atoms with Gasteiger partial charge in [0.25, 0.3) is 11.8 Å². The van der Waals surface area contributed by atoms with E-state index in [1.807, 2.05) is 0 Å². The molecule has 2 amide bonds. The first-order valence-corrected chi connectivity index (χ1v) is 8.29. The molecule has 0 bridgehead atoms. The van der Waals surface area contributed by atoms with Gasteiger partial charge in [-0.3, -0.25) is 9.59 Å². The van der Waals surface area contributed by atoms with Gasteiger partial charge in [0.15, 0.2) is 0 Å². The first kappa shape index (κ1) is 19.0. The molecule has 28 heavy (non-hydrogen) atoms. The van der Waals surface area contributed by atoms with Gasteiger partial charge < -0.3 is 15.4 Å². The van der Waals surface area contributed by atoms with Crippen LogP contribution in [0.2, 0.25) is 0 Å². The number of ether oxygens (including phenoxy) is 1. The van der Waals surface area contributed by atoms with Gasteiger partial charge in [-0.25, -0.2) is 8.78 Å². The van der Waals surface area contributed by atoms with E-state index in [4.69, 9.17) is 4.74 Å². The summed E-state index contributed by atoms with van der Waals surface area (Å²) in [5, 5.41) is 5.18. The van der Waals surface area contributed by atoms with E-state index >= 15 is 0 Å². The molecule has 0 aliphatic heterocycles. The van der Waals surface area contributed by atoms with E-state index in [-0.39, 0.29) is 16.8 Å². The van der Waals surface area contributed by atoms with E-state index in [0.717, 1.165) is 6.07 Å². The fourth-order valence-corrected chi connectivity index (χ4v) is 2.55. The monoisotopic (exact) mass is 382 g/mol. The molecule has 0 radical (unpaired) electrons. The Hall–Kier alpha value is -3.74. The molecule has 3 rings (SSSR count). The first-order chi connectivity index (χ1) is 13.5. The predicted molar refractivity (Wildman–Crippen MR) is 102 cm³/mol. The van der Waals surface area contributed by atoms with Crippen molar-refractivity contribution in [1.29, 1.82) is 0 Å². The molecule has 0 fully saturated rings. The van der Waals surface area contributed by atoms with Crippen molar-refractivity contribution in [3.8, 4) is 5.75 Å². The van der Waals surface area contributed by atoms with E-state index in [1.54, 1.807) is 12.1 Å². The Bertz CT molecular complexity index is 1040. The summed E-state index contributed by atoms with van der Waals surface area (Å²) in [6, 6.07) is 15.4. The van der Waals surface area contributed by atoms with E-state index < -0.39 is 23.4 Å². The minimum atomic E-state index is -0.645. The molecule has 0 aliphatic rings. The maximum absolute atomic E-state index is 13.8. The van der Waals surface area contributed by atoms with Crippen LogP contribution in [-0.4, -0.2) is 18.9 Å². The molecule has 0 aromatic heterocycles. The lowest BCUT2D eigenvalue weighted by atomic mass is 10.1. The first-order valence-electron chi connectivity index (χ1n) is 8.29. The smallest absolute Gasteiger partial charge is 0.258 e. The van der Waals surface area contributed by atoms with Gasteiger partial charge in [0.1, 0.15) is 17.4 Å². The molecular weight excluding hydrogens is 366 g/mol. The number of nitrogens with one attached hydrogen (secondary N) is 2. The molecule has 0 atom stereocenters. The zero-order valence-electron chi connectivity index (χ0n) is 14.8. The lowest BCUT2D eigenvalue weighted by Crippen LogP contribution is -2.15. The molecule has 5 nitrogen and oxygen atoms in total. The van der Waals surface area contributed by atoms with Crippen LogP contribution >= 0.6 is 0 Å². The number of halogens is 2. The molecule has 0 saturated carbocycles. The van der Waals surface area contributed by atoms with E-state index in [0.29, 0.717) is 11.4 Å².